The second-order valence-electron chi connectivity index (χ2n) is 4.63. The minimum atomic E-state index is -0.289. The van der Waals surface area contributed by atoms with E-state index in [-0.39, 0.29) is 24.9 Å². The largest absolute Gasteiger partial charge is 0.484 e. The molecule has 0 heterocycles. The number of carbonyl (C=O) groups excluding carboxylic acids is 2. The van der Waals surface area contributed by atoms with E-state index >= 15 is 0 Å². The molecule has 5 nitrogen and oxygen atoms in total. The Morgan fingerprint density at radius 3 is 2.38 bits per heavy atom. The summed E-state index contributed by atoms with van der Waals surface area (Å²) in [7, 11) is 0. The fourth-order valence-electron chi connectivity index (χ4n) is 1.79. The molecule has 0 aliphatic heterocycles. The predicted molar refractivity (Wildman–Crippen MR) is 80.2 cm³/mol. The van der Waals surface area contributed by atoms with Crippen LogP contribution in [0.5, 0.6) is 5.75 Å². The zero-order chi connectivity index (χ0) is 15.7. The Bertz CT molecular complexity index is 456. The van der Waals surface area contributed by atoms with Gasteiger partial charge >= 0.3 is 5.97 Å². The van der Waals surface area contributed by atoms with Gasteiger partial charge in [-0.25, -0.2) is 0 Å². The van der Waals surface area contributed by atoms with E-state index in [9.17, 15) is 9.59 Å². The lowest BCUT2D eigenvalue weighted by Crippen LogP contribution is -2.36. The Labute approximate surface area is 125 Å². The number of hydrogen-bond donors (Lipinski definition) is 0. The zero-order valence-electron chi connectivity index (χ0n) is 12.9. The number of rotatable bonds is 8. The first-order valence-electron chi connectivity index (χ1n) is 7.19. The number of aryl methyl sites for hydroxylation is 1. The van der Waals surface area contributed by atoms with Gasteiger partial charge in [-0.15, -0.1) is 0 Å². The molecule has 0 aliphatic rings. The number of carbonyl (C=O) groups is 2. The summed E-state index contributed by atoms with van der Waals surface area (Å²) in [6.45, 7) is 6.84. The molecule has 0 aromatic heterocycles. The van der Waals surface area contributed by atoms with Gasteiger partial charge < -0.3 is 14.4 Å². The van der Waals surface area contributed by atoms with Gasteiger partial charge in [0, 0.05) is 13.1 Å². The molecule has 1 aromatic carbocycles. The maximum Gasteiger partial charge on any atom is 0.307 e. The Morgan fingerprint density at radius 1 is 1.14 bits per heavy atom. The lowest BCUT2D eigenvalue weighted by Gasteiger charge is -2.20. The van der Waals surface area contributed by atoms with E-state index in [0.717, 1.165) is 5.56 Å². The van der Waals surface area contributed by atoms with Gasteiger partial charge in [-0.3, -0.25) is 9.59 Å². The monoisotopic (exact) mass is 293 g/mol. The Balaban J connectivity index is 2.40. The number of esters is 1. The number of hydrogen-bond acceptors (Lipinski definition) is 4. The number of nitrogens with zero attached hydrogens (tertiary/aromatic N) is 1. The van der Waals surface area contributed by atoms with Crippen LogP contribution in [0, 0.1) is 6.92 Å². The molecule has 0 unspecified atom stereocenters. The van der Waals surface area contributed by atoms with Crippen molar-refractivity contribution in [2.45, 2.75) is 27.2 Å². The maximum absolute atomic E-state index is 12.0. The van der Waals surface area contributed by atoms with Crippen LogP contribution in [0.2, 0.25) is 0 Å². The number of ether oxygens (including phenoxy) is 2. The molecule has 0 radical (unpaired) electrons. The molecule has 0 saturated carbocycles. The fourth-order valence-corrected chi connectivity index (χ4v) is 1.79. The molecule has 5 heteroatoms. The Morgan fingerprint density at radius 2 is 1.81 bits per heavy atom. The third-order valence-electron chi connectivity index (χ3n) is 3.01. The van der Waals surface area contributed by atoms with E-state index < -0.39 is 0 Å². The first kappa shape index (κ1) is 17.0. The molecule has 0 fully saturated rings. The molecule has 1 rings (SSSR count). The average molecular weight is 293 g/mol. The predicted octanol–water partition coefficient (Wildman–Crippen LogP) is 2.18. The van der Waals surface area contributed by atoms with Gasteiger partial charge in [-0.1, -0.05) is 17.7 Å². The van der Waals surface area contributed by atoms with Crippen LogP contribution in [0.1, 0.15) is 25.8 Å². The van der Waals surface area contributed by atoms with Crippen LogP contribution in [0.25, 0.3) is 0 Å². The summed E-state index contributed by atoms with van der Waals surface area (Å²) in [5.41, 5.74) is 1.14. The van der Waals surface area contributed by atoms with Crippen LogP contribution >= 0.6 is 0 Å². The minimum Gasteiger partial charge on any atom is -0.484 e. The Hall–Kier alpha value is -2.04. The highest BCUT2D eigenvalue weighted by Gasteiger charge is 2.14. The highest BCUT2D eigenvalue weighted by atomic mass is 16.5. The van der Waals surface area contributed by atoms with Crippen LogP contribution in [0.3, 0.4) is 0 Å². The summed E-state index contributed by atoms with van der Waals surface area (Å²) in [4.78, 5) is 24.9. The molecule has 0 bridgehead atoms. The third kappa shape index (κ3) is 6.29. The van der Waals surface area contributed by atoms with Crippen LogP contribution in [-0.4, -0.2) is 43.1 Å². The normalized spacial score (nSPS) is 10.0. The van der Waals surface area contributed by atoms with E-state index in [1.54, 1.807) is 11.8 Å². The topological polar surface area (TPSA) is 55.8 Å². The lowest BCUT2D eigenvalue weighted by atomic mass is 10.2. The van der Waals surface area contributed by atoms with Crippen molar-refractivity contribution in [1.82, 2.24) is 4.90 Å². The van der Waals surface area contributed by atoms with Crippen molar-refractivity contribution in [3.63, 3.8) is 0 Å². The first-order chi connectivity index (χ1) is 10.1. The summed E-state index contributed by atoms with van der Waals surface area (Å²) < 4.78 is 10.3. The van der Waals surface area contributed by atoms with Crippen molar-refractivity contribution in [3.05, 3.63) is 29.8 Å². The molecule has 1 aromatic rings. The molecular formula is C16H23NO4. The number of benzene rings is 1. The van der Waals surface area contributed by atoms with Crippen molar-refractivity contribution >= 4 is 11.9 Å². The molecular weight excluding hydrogens is 270 g/mol. The smallest absolute Gasteiger partial charge is 0.307 e. The number of likely N-dealkylation sites (N-methyl/N-ethyl adjacent to an activating group) is 1. The second-order valence-corrected chi connectivity index (χ2v) is 4.63. The molecule has 1 amide bonds. The summed E-state index contributed by atoms with van der Waals surface area (Å²) in [6, 6.07) is 7.52. The lowest BCUT2D eigenvalue weighted by molar-refractivity contribution is -0.144. The molecule has 0 atom stereocenters. The third-order valence-corrected chi connectivity index (χ3v) is 3.01. The molecule has 0 spiro atoms. The van der Waals surface area contributed by atoms with Crippen molar-refractivity contribution in [2.24, 2.45) is 0 Å². The van der Waals surface area contributed by atoms with Gasteiger partial charge in [0.15, 0.2) is 6.61 Å². The van der Waals surface area contributed by atoms with Gasteiger partial charge in [-0.2, -0.15) is 0 Å². The molecule has 0 aliphatic carbocycles. The van der Waals surface area contributed by atoms with Crippen molar-refractivity contribution in [1.29, 1.82) is 0 Å². The fraction of sp³-hybridized carbons (Fsp3) is 0.500. The van der Waals surface area contributed by atoms with Gasteiger partial charge in [0.1, 0.15) is 5.75 Å². The standard InChI is InChI=1S/C16H23NO4/c1-4-17(11-10-16(19)20-5-2)15(18)12-21-14-8-6-13(3)7-9-14/h6-9H,4-5,10-12H2,1-3H3. The minimum absolute atomic E-state index is 0.0280. The van der Waals surface area contributed by atoms with Crippen LogP contribution < -0.4 is 4.74 Å². The average Bonchev–Trinajstić information content (AvgIpc) is 2.47. The van der Waals surface area contributed by atoms with Crippen molar-refractivity contribution < 1.29 is 19.1 Å². The molecule has 21 heavy (non-hydrogen) atoms. The van der Waals surface area contributed by atoms with Crippen LogP contribution in [0.4, 0.5) is 0 Å². The van der Waals surface area contributed by atoms with E-state index in [2.05, 4.69) is 0 Å². The summed E-state index contributed by atoms with van der Waals surface area (Å²) in [6.07, 6.45) is 0.206. The summed E-state index contributed by atoms with van der Waals surface area (Å²) in [5, 5.41) is 0. The van der Waals surface area contributed by atoms with Crippen LogP contribution in [0.15, 0.2) is 24.3 Å². The van der Waals surface area contributed by atoms with E-state index in [4.69, 9.17) is 9.47 Å². The first-order valence-corrected chi connectivity index (χ1v) is 7.19. The quantitative estimate of drug-likeness (QED) is 0.689. The SMILES string of the molecule is CCOC(=O)CCN(CC)C(=O)COc1ccc(C)cc1. The number of amides is 1. The Kier molecular flexibility index (Phi) is 7.29. The highest BCUT2D eigenvalue weighted by molar-refractivity contribution is 5.78. The molecule has 0 N–H and O–H groups in total. The van der Waals surface area contributed by atoms with Gasteiger partial charge in [0.05, 0.1) is 13.0 Å². The molecule has 116 valence electrons. The van der Waals surface area contributed by atoms with E-state index in [1.165, 1.54) is 0 Å². The molecule has 0 saturated heterocycles. The zero-order valence-corrected chi connectivity index (χ0v) is 12.9. The maximum atomic E-state index is 12.0. The van der Waals surface area contributed by atoms with Gasteiger partial charge in [-0.05, 0) is 32.9 Å². The van der Waals surface area contributed by atoms with Gasteiger partial charge in [0.2, 0.25) is 0 Å². The van der Waals surface area contributed by atoms with E-state index in [0.29, 0.717) is 25.4 Å². The summed E-state index contributed by atoms with van der Waals surface area (Å²) >= 11 is 0. The van der Waals surface area contributed by atoms with Gasteiger partial charge in [0.25, 0.3) is 5.91 Å². The van der Waals surface area contributed by atoms with Crippen LogP contribution in [-0.2, 0) is 14.3 Å². The highest BCUT2D eigenvalue weighted by Crippen LogP contribution is 2.11. The van der Waals surface area contributed by atoms with Crippen molar-refractivity contribution in [3.8, 4) is 5.75 Å². The van der Waals surface area contributed by atoms with E-state index in [1.807, 2.05) is 38.1 Å². The second kappa shape index (κ2) is 9.00. The van der Waals surface area contributed by atoms with Crippen molar-refractivity contribution in [2.75, 3.05) is 26.3 Å². The summed E-state index contributed by atoms with van der Waals surface area (Å²) in [5.74, 6) is 0.237.